The van der Waals surface area contributed by atoms with Crippen LogP contribution >= 0.6 is 0 Å². The van der Waals surface area contributed by atoms with Crippen molar-refractivity contribution in [1.82, 2.24) is 27.0 Å². The van der Waals surface area contributed by atoms with Crippen LogP contribution in [0.25, 0.3) is 0 Å². The Hall–Kier alpha value is -2.38. The summed E-state index contributed by atoms with van der Waals surface area (Å²) in [6, 6.07) is 6.74. The van der Waals surface area contributed by atoms with Crippen LogP contribution in [0.4, 0.5) is 0 Å². The first-order chi connectivity index (χ1) is 15.7. The maximum atomic E-state index is 12.2. The van der Waals surface area contributed by atoms with Gasteiger partial charge in [-0.3, -0.25) is 9.59 Å². The zero-order chi connectivity index (χ0) is 22.4. The van der Waals surface area contributed by atoms with Crippen LogP contribution in [-0.2, 0) is 22.7 Å². The molecule has 176 valence electrons. The lowest BCUT2D eigenvalue weighted by molar-refractivity contribution is -0.0767. The van der Waals surface area contributed by atoms with Gasteiger partial charge >= 0.3 is 0 Å². The van der Waals surface area contributed by atoms with Gasteiger partial charge in [-0.2, -0.15) is 5.53 Å². The molecule has 2 aromatic heterocycles. The zero-order valence-corrected chi connectivity index (χ0v) is 18.0. The quantitative estimate of drug-likeness (QED) is 0.384. The van der Waals surface area contributed by atoms with Gasteiger partial charge in [0.2, 0.25) is 0 Å². The number of Topliss-reactive ketones (excluding diaryl/α,β-unsaturated/α-hetero) is 2. The van der Waals surface area contributed by atoms with Crippen LogP contribution in [0.2, 0.25) is 0 Å². The van der Waals surface area contributed by atoms with E-state index in [9.17, 15) is 9.59 Å². The first-order valence-electron chi connectivity index (χ1n) is 10.7. The minimum absolute atomic E-state index is 0.0265. The van der Waals surface area contributed by atoms with E-state index in [1.54, 1.807) is 24.3 Å². The third-order valence-electron chi connectivity index (χ3n) is 4.62. The van der Waals surface area contributed by atoms with Crippen molar-refractivity contribution in [2.75, 3.05) is 46.1 Å². The summed E-state index contributed by atoms with van der Waals surface area (Å²) < 4.78 is 21.9. The molecule has 5 N–H and O–H groups in total. The van der Waals surface area contributed by atoms with Gasteiger partial charge in [0.25, 0.3) is 0 Å². The minimum atomic E-state index is -0.0649. The number of rotatable bonds is 0. The summed E-state index contributed by atoms with van der Waals surface area (Å²) in [6.45, 7) is 4.29. The Morgan fingerprint density at radius 2 is 1.12 bits per heavy atom. The van der Waals surface area contributed by atoms with Gasteiger partial charge in [-0.25, -0.2) is 10.9 Å². The van der Waals surface area contributed by atoms with Crippen molar-refractivity contribution in [3.05, 3.63) is 47.3 Å². The van der Waals surface area contributed by atoms with E-state index in [1.165, 1.54) is 0 Å². The number of furan rings is 2. The van der Waals surface area contributed by atoms with E-state index in [0.29, 0.717) is 75.2 Å². The molecule has 0 radical (unpaired) electrons. The van der Waals surface area contributed by atoms with Gasteiger partial charge in [0.1, 0.15) is 31.5 Å². The second kappa shape index (κ2) is 13.9. The molecule has 0 atom stereocenters. The third-order valence-corrected chi connectivity index (χ3v) is 4.62. The van der Waals surface area contributed by atoms with Crippen molar-refractivity contribution in [3.8, 4) is 0 Å². The molecule has 32 heavy (non-hydrogen) atoms. The van der Waals surface area contributed by atoms with E-state index in [1.807, 2.05) is 0 Å². The molecule has 2 aromatic rings. The molecular weight excluding hydrogens is 418 g/mol. The van der Waals surface area contributed by atoms with E-state index in [0.717, 1.165) is 0 Å². The number of carbonyl (C=O) groups excluding carboxylic acids is 2. The fraction of sp³-hybridized carbons (Fsp3) is 0.524. The predicted octanol–water partition coefficient (Wildman–Crippen LogP) is 0.501. The standard InChI is InChI=1S/C21H31N5O6/c27-18-5-7-22-9-11-24-26-25-12-10-23-8-6-19(28)21-4-2-17(32-21)14-30-15-29-13-16-1-3-20(18)31-16/h1-4,22-26H,5-15H2. The maximum Gasteiger partial charge on any atom is 0.199 e. The second-order valence-corrected chi connectivity index (χ2v) is 7.17. The van der Waals surface area contributed by atoms with Crippen LogP contribution in [0.5, 0.6) is 0 Å². The molecular formula is C21H31N5O6. The van der Waals surface area contributed by atoms with Gasteiger partial charge in [0.15, 0.2) is 23.1 Å². The lowest BCUT2D eigenvalue weighted by Gasteiger charge is -2.10. The largest absolute Gasteiger partial charge is 0.456 e. The highest BCUT2D eigenvalue weighted by Crippen LogP contribution is 2.13. The van der Waals surface area contributed by atoms with Crippen molar-refractivity contribution < 1.29 is 27.9 Å². The molecule has 3 rings (SSSR count). The van der Waals surface area contributed by atoms with E-state index >= 15 is 0 Å². The Kier molecular flexibility index (Phi) is 10.5. The summed E-state index contributed by atoms with van der Waals surface area (Å²) in [5.41, 5.74) is 8.94. The lowest BCUT2D eigenvalue weighted by atomic mass is 10.2. The van der Waals surface area contributed by atoms with Crippen LogP contribution < -0.4 is 27.0 Å². The van der Waals surface area contributed by atoms with Crippen molar-refractivity contribution in [1.29, 1.82) is 0 Å². The van der Waals surface area contributed by atoms with Gasteiger partial charge in [0, 0.05) is 52.1 Å². The Bertz CT molecular complexity index is 770. The molecule has 11 heteroatoms. The first kappa shape index (κ1) is 24.3. The predicted molar refractivity (Wildman–Crippen MR) is 115 cm³/mol. The zero-order valence-electron chi connectivity index (χ0n) is 18.0. The molecule has 0 aliphatic carbocycles. The molecule has 3 heterocycles. The van der Waals surface area contributed by atoms with E-state index in [4.69, 9.17) is 18.3 Å². The van der Waals surface area contributed by atoms with Gasteiger partial charge in [0.05, 0.1) is 0 Å². The lowest BCUT2D eigenvalue weighted by Crippen LogP contribution is -2.48. The molecule has 0 unspecified atom stereocenters. The third kappa shape index (κ3) is 8.63. The Labute approximate surface area is 186 Å². The monoisotopic (exact) mass is 449 g/mol. The molecule has 1 aliphatic heterocycles. The fourth-order valence-electron chi connectivity index (χ4n) is 2.94. The summed E-state index contributed by atoms with van der Waals surface area (Å²) in [7, 11) is 0. The average molecular weight is 450 g/mol. The molecule has 0 fully saturated rings. The smallest absolute Gasteiger partial charge is 0.199 e. The number of ether oxygens (including phenoxy) is 2. The summed E-state index contributed by atoms with van der Waals surface area (Å²) in [4.78, 5) is 24.4. The number of carbonyl (C=O) groups is 2. The van der Waals surface area contributed by atoms with Gasteiger partial charge in [-0.15, -0.1) is 0 Å². The summed E-state index contributed by atoms with van der Waals surface area (Å²) >= 11 is 0. The molecule has 4 bridgehead atoms. The average Bonchev–Trinajstić information content (AvgIpc) is 3.46. The first-order valence-corrected chi connectivity index (χ1v) is 10.7. The highest BCUT2D eigenvalue weighted by atomic mass is 16.7. The van der Waals surface area contributed by atoms with Crippen molar-refractivity contribution in [3.63, 3.8) is 0 Å². The maximum absolute atomic E-state index is 12.2. The van der Waals surface area contributed by atoms with Crippen LogP contribution in [0.15, 0.2) is 33.1 Å². The Balaban J connectivity index is 1.47. The van der Waals surface area contributed by atoms with Gasteiger partial charge in [-0.05, 0) is 24.3 Å². The van der Waals surface area contributed by atoms with E-state index in [2.05, 4.69) is 27.0 Å². The van der Waals surface area contributed by atoms with Gasteiger partial charge in [-0.1, -0.05) is 0 Å². The summed E-state index contributed by atoms with van der Waals surface area (Å²) in [5.74, 6) is 1.60. The van der Waals surface area contributed by atoms with E-state index in [-0.39, 0.29) is 31.6 Å². The Morgan fingerprint density at radius 3 is 1.62 bits per heavy atom. The van der Waals surface area contributed by atoms with Crippen LogP contribution in [0.3, 0.4) is 0 Å². The topological polar surface area (TPSA) is 139 Å². The van der Waals surface area contributed by atoms with Gasteiger partial charge < -0.3 is 28.9 Å². The second-order valence-electron chi connectivity index (χ2n) is 7.17. The van der Waals surface area contributed by atoms with Crippen molar-refractivity contribution in [2.45, 2.75) is 26.1 Å². The molecule has 0 saturated heterocycles. The Morgan fingerprint density at radius 1 is 0.625 bits per heavy atom. The summed E-state index contributed by atoms with van der Waals surface area (Å²) in [6.07, 6.45) is 0.698. The SMILES string of the molecule is O=C1CCNCCNNNCCNCCC(=O)c2ccc(o2)COCOCc2ccc1o2. The van der Waals surface area contributed by atoms with Crippen LogP contribution in [0.1, 0.15) is 45.5 Å². The number of nitrogens with one attached hydrogen (secondary N) is 5. The highest BCUT2D eigenvalue weighted by molar-refractivity contribution is 5.94. The number of ketones is 2. The van der Waals surface area contributed by atoms with Crippen molar-refractivity contribution >= 4 is 11.6 Å². The molecule has 0 aromatic carbocycles. The number of hydrogen-bond acceptors (Lipinski definition) is 11. The van der Waals surface area contributed by atoms with Crippen LogP contribution in [-0.4, -0.2) is 57.6 Å². The number of hydrogen-bond donors (Lipinski definition) is 5. The molecule has 1 aliphatic rings. The van der Waals surface area contributed by atoms with E-state index < -0.39 is 0 Å². The highest BCUT2D eigenvalue weighted by Gasteiger charge is 2.12. The summed E-state index contributed by atoms with van der Waals surface area (Å²) in [5, 5.41) is 6.39. The number of hydrazine groups is 2. The fourth-order valence-corrected chi connectivity index (χ4v) is 2.94. The normalized spacial score (nSPS) is 19.6. The minimum Gasteiger partial charge on any atom is -0.456 e. The number of fused-ring (bicyclic) bond motifs is 4. The van der Waals surface area contributed by atoms with Crippen molar-refractivity contribution in [2.24, 2.45) is 0 Å². The molecule has 0 amide bonds. The van der Waals surface area contributed by atoms with Crippen LogP contribution in [0, 0.1) is 0 Å². The molecule has 0 saturated carbocycles. The molecule has 11 nitrogen and oxygen atoms in total. The molecule has 0 spiro atoms.